The molecule has 5 nitrogen and oxygen atoms in total. The van der Waals surface area contributed by atoms with Gasteiger partial charge in [-0.15, -0.1) is 0 Å². The van der Waals surface area contributed by atoms with E-state index in [1.54, 1.807) is 13.8 Å². The van der Waals surface area contributed by atoms with E-state index in [0.717, 1.165) is 5.56 Å². The number of hydrogen-bond donors (Lipinski definition) is 3. The van der Waals surface area contributed by atoms with E-state index in [4.69, 9.17) is 0 Å². The molecule has 0 radical (unpaired) electrons. The number of hydrogen-bond acceptors (Lipinski definition) is 2. The van der Waals surface area contributed by atoms with Crippen LogP contribution in [0.2, 0.25) is 0 Å². The molecule has 5 heteroatoms. The number of amides is 2. The molecule has 0 aliphatic rings. The molecule has 3 N–H and O–H groups in total. The van der Waals surface area contributed by atoms with Crippen LogP contribution in [0.4, 0.5) is 4.79 Å². The van der Waals surface area contributed by atoms with Gasteiger partial charge in [0, 0.05) is 6.54 Å². The number of benzene rings is 1. The summed E-state index contributed by atoms with van der Waals surface area (Å²) in [5.41, 5.74) is -0.0617. The first-order chi connectivity index (χ1) is 9.95. The third-order valence-corrected chi connectivity index (χ3v) is 3.91. The van der Waals surface area contributed by atoms with E-state index in [-0.39, 0.29) is 5.92 Å². The first kappa shape index (κ1) is 17.0. The van der Waals surface area contributed by atoms with Gasteiger partial charge in [-0.05, 0) is 24.3 Å². The van der Waals surface area contributed by atoms with Crippen molar-refractivity contribution in [2.75, 3.05) is 6.54 Å². The van der Waals surface area contributed by atoms with Crippen molar-refractivity contribution >= 4 is 12.0 Å². The highest BCUT2D eigenvalue weighted by Gasteiger charge is 2.36. The van der Waals surface area contributed by atoms with E-state index in [2.05, 4.69) is 10.6 Å². The van der Waals surface area contributed by atoms with Crippen LogP contribution in [0.15, 0.2) is 30.3 Å². The molecular formula is C16H24N2O3. The summed E-state index contributed by atoms with van der Waals surface area (Å²) < 4.78 is 0. The van der Waals surface area contributed by atoms with Gasteiger partial charge in [0.05, 0.1) is 0 Å². The zero-order valence-electron chi connectivity index (χ0n) is 12.8. The van der Waals surface area contributed by atoms with Crippen molar-refractivity contribution in [3.05, 3.63) is 35.9 Å². The zero-order chi connectivity index (χ0) is 15.9. The molecule has 0 saturated heterocycles. The molecule has 0 aliphatic carbocycles. The number of nitrogens with one attached hydrogen (secondary N) is 2. The van der Waals surface area contributed by atoms with Gasteiger partial charge in [-0.25, -0.2) is 9.59 Å². The third-order valence-electron chi connectivity index (χ3n) is 3.91. The maximum Gasteiger partial charge on any atom is 0.329 e. The normalized spacial score (nSPS) is 12.5. The number of carboxylic acids is 1. The molecule has 0 aliphatic heterocycles. The summed E-state index contributed by atoms with van der Waals surface area (Å²) in [6, 6.07) is 9.42. The SMILES string of the molecule is CCC(CC)(NC(=O)NCC(C)c1ccccc1)C(=O)O. The minimum absolute atomic E-state index is 0.166. The monoisotopic (exact) mass is 292 g/mol. The molecule has 0 saturated carbocycles. The standard InChI is InChI=1S/C16H24N2O3/c1-4-16(5-2,14(19)20)18-15(21)17-11-12(3)13-9-7-6-8-10-13/h6-10,12H,4-5,11H2,1-3H3,(H,19,20)(H2,17,18,21). The van der Waals surface area contributed by atoms with Gasteiger partial charge in [-0.1, -0.05) is 51.1 Å². The van der Waals surface area contributed by atoms with Gasteiger partial charge in [0.15, 0.2) is 0 Å². The van der Waals surface area contributed by atoms with Crippen LogP contribution in [0.25, 0.3) is 0 Å². The van der Waals surface area contributed by atoms with Crippen molar-refractivity contribution in [1.82, 2.24) is 10.6 Å². The Morgan fingerprint density at radius 3 is 2.24 bits per heavy atom. The van der Waals surface area contributed by atoms with Crippen LogP contribution in [0, 0.1) is 0 Å². The van der Waals surface area contributed by atoms with Crippen molar-refractivity contribution in [2.24, 2.45) is 0 Å². The van der Waals surface area contributed by atoms with Crippen molar-refractivity contribution in [3.63, 3.8) is 0 Å². The third kappa shape index (κ3) is 4.48. The highest BCUT2D eigenvalue weighted by atomic mass is 16.4. The van der Waals surface area contributed by atoms with E-state index >= 15 is 0 Å². The van der Waals surface area contributed by atoms with Crippen molar-refractivity contribution in [3.8, 4) is 0 Å². The summed E-state index contributed by atoms with van der Waals surface area (Å²) in [5.74, 6) is -0.835. The zero-order valence-corrected chi connectivity index (χ0v) is 12.8. The highest BCUT2D eigenvalue weighted by molar-refractivity contribution is 5.86. The predicted octanol–water partition coefficient (Wildman–Crippen LogP) is 2.73. The van der Waals surface area contributed by atoms with Crippen molar-refractivity contribution in [2.45, 2.75) is 45.1 Å². The van der Waals surface area contributed by atoms with E-state index in [1.165, 1.54) is 0 Å². The first-order valence-corrected chi connectivity index (χ1v) is 7.29. The van der Waals surface area contributed by atoms with E-state index in [1.807, 2.05) is 37.3 Å². The van der Waals surface area contributed by atoms with Gasteiger partial charge in [-0.2, -0.15) is 0 Å². The van der Waals surface area contributed by atoms with Crippen LogP contribution in [-0.2, 0) is 4.79 Å². The summed E-state index contributed by atoms with van der Waals surface area (Å²) in [6.07, 6.45) is 0.695. The van der Waals surface area contributed by atoms with Crippen molar-refractivity contribution in [1.29, 1.82) is 0 Å². The van der Waals surface area contributed by atoms with Gasteiger partial charge >= 0.3 is 12.0 Å². The Labute approximate surface area is 125 Å². The molecule has 1 rings (SSSR count). The molecule has 2 amide bonds. The number of aliphatic carboxylic acids is 1. The van der Waals surface area contributed by atoms with Crippen LogP contribution in [0.5, 0.6) is 0 Å². The lowest BCUT2D eigenvalue weighted by Gasteiger charge is -2.28. The minimum Gasteiger partial charge on any atom is -0.480 e. The fourth-order valence-electron chi connectivity index (χ4n) is 2.19. The Morgan fingerprint density at radius 2 is 1.76 bits per heavy atom. The molecule has 1 aromatic carbocycles. The summed E-state index contributed by atoms with van der Waals surface area (Å²) in [4.78, 5) is 23.3. The van der Waals surface area contributed by atoms with Gasteiger partial charge in [0.1, 0.15) is 5.54 Å². The van der Waals surface area contributed by atoms with E-state index in [0.29, 0.717) is 19.4 Å². The predicted molar refractivity (Wildman–Crippen MR) is 82.3 cm³/mol. The molecule has 0 spiro atoms. The summed E-state index contributed by atoms with van der Waals surface area (Å²) >= 11 is 0. The minimum atomic E-state index is -1.19. The Balaban J connectivity index is 2.56. The molecule has 116 valence electrons. The highest BCUT2D eigenvalue weighted by Crippen LogP contribution is 2.16. The Bertz CT molecular complexity index is 470. The quantitative estimate of drug-likeness (QED) is 0.723. The number of rotatable bonds is 7. The van der Waals surface area contributed by atoms with Gasteiger partial charge in [0.2, 0.25) is 0 Å². The summed E-state index contributed by atoms with van der Waals surface area (Å²) in [5, 5.41) is 14.6. The fourth-order valence-corrected chi connectivity index (χ4v) is 2.19. The number of carbonyl (C=O) groups is 2. The lowest BCUT2D eigenvalue weighted by molar-refractivity contribution is -0.144. The lowest BCUT2D eigenvalue weighted by atomic mass is 9.93. The maximum atomic E-state index is 11.9. The molecule has 1 atom stereocenters. The second-order valence-electron chi connectivity index (χ2n) is 5.24. The molecule has 0 fully saturated rings. The number of carbonyl (C=O) groups excluding carboxylic acids is 1. The van der Waals surface area contributed by atoms with Gasteiger partial charge in [-0.3, -0.25) is 0 Å². The lowest BCUT2D eigenvalue weighted by Crippen LogP contribution is -2.56. The maximum absolute atomic E-state index is 11.9. The Kier molecular flexibility index (Phi) is 6.21. The summed E-state index contributed by atoms with van der Waals surface area (Å²) in [7, 11) is 0. The fraction of sp³-hybridized carbons (Fsp3) is 0.500. The average Bonchev–Trinajstić information content (AvgIpc) is 2.50. The largest absolute Gasteiger partial charge is 0.480 e. The van der Waals surface area contributed by atoms with Crippen LogP contribution in [0.3, 0.4) is 0 Å². The first-order valence-electron chi connectivity index (χ1n) is 7.29. The van der Waals surface area contributed by atoms with Gasteiger partial charge < -0.3 is 15.7 Å². The molecule has 21 heavy (non-hydrogen) atoms. The molecule has 0 heterocycles. The number of urea groups is 1. The van der Waals surface area contributed by atoms with Crippen molar-refractivity contribution < 1.29 is 14.7 Å². The Hall–Kier alpha value is -2.04. The molecule has 0 bridgehead atoms. The summed E-state index contributed by atoms with van der Waals surface area (Å²) in [6.45, 7) is 5.98. The Morgan fingerprint density at radius 1 is 1.19 bits per heavy atom. The molecule has 1 unspecified atom stereocenters. The smallest absolute Gasteiger partial charge is 0.329 e. The second-order valence-corrected chi connectivity index (χ2v) is 5.24. The second kappa shape index (κ2) is 7.67. The average molecular weight is 292 g/mol. The molecule has 0 aromatic heterocycles. The van der Waals surface area contributed by atoms with Gasteiger partial charge in [0.25, 0.3) is 0 Å². The molecule has 1 aromatic rings. The molecular weight excluding hydrogens is 268 g/mol. The van der Waals surface area contributed by atoms with E-state index < -0.39 is 17.5 Å². The number of carboxylic acid groups (broad SMARTS) is 1. The van der Waals surface area contributed by atoms with E-state index in [9.17, 15) is 14.7 Å². The van der Waals surface area contributed by atoms with Crippen LogP contribution < -0.4 is 10.6 Å². The van der Waals surface area contributed by atoms with Crippen LogP contribution in [0.1, 0.15) is 45.1 Å². The topological polar surface area (TPSA) is 78.4 Å². The van der Waals surface area contributed by atoms with Crippen LogP contribution in [-0.4, -0.2) is 29.2 Å². The van der Waals surface area contributed by atoms with Crippen LogP contribution >= 0.6 is 0 Å².